The van der Waals surface area contributed by atoms with Gasteiger partial charge in [0.05, 0.1) is 4.90 Å². The molecule has 1 aliphatic carbocycles. The zero-order valence-corrected chi connectivity index (χ0v) is 17.1. The van der Waals surface area contributed by atoms with Crippen molar-refractivity contribution < 1.29 is 27.7 Å². The summed E-state index contributed by atoms with van der Waals surface area (Å²) in [4.78, 5) is 33.6. The number of nitrogens with one attached hydrogen (secondary N) is 3. The van der Waals surface area contributed by atoms with Crippen LogP contribution in [0.5, 0.6) is 0 Å². The van der Waals surface area contributed by atoms with Crippen LogP contribution in [0.1, 0.15) is 27.2 Å². The third kappa shape index (κ3) is 6.98. The van der Waals surface area contributed by atoms with E-state index in [1.54, 1.807) is 20.8 Å². The third-order valence-corrected chi connectivity index (χ3v) is 5.32. The van der Waals surface area contributed by atoms with Crippen LogP contribution in [0.15, 0.2) is 29.2 Å². The average Bonchev–Trinajstić information content (AvgIpc) is 3.38. The highest BCUT2D eigenvalue weighted by atomic mass is 32.2. The summed E-state index contributed by atoms with van der Waals surface area (Å²) < 4.78 is 32.1. The monoisotopic (exact) mass is 428 g/mol. The van der Waals surface area contributed by atoms with Crippen molar-refractivity contribution in [2.24, 2.45) is 5.92 Å². The Morgan fingerprint density at radius 2 is 1.97 bits per heavy atom. The second-order valence-corrected chi connectivity index (χ2v) is 9.31. The molecule has 1 aromatic rings. The summed E-state index contributed by atoms with van der Waals surface area (Å²) in [6.45, 7) is 5.09. The molecule has 0 aliphatic heterocycles. The van der Waals surface area contributed by atoms with Gasteiger partial charge in [0.15, 0.2) is 0 Å². The highest BCUT2D eigenvalue weighted by Gasteiger charge is 2.53. The molecular formula is C17H24N4O7S. The quantitative estimate of drug-likeness (QED) is 0.318. The number of hydrogen-bond acceptors (Lipinski definition) is 7. The van der Waals surface area contributed by atoms with Gasteiger partial charge >= 0.3 is 6.09 Å². The third-order valence-electron chi connectivity index (χ3n) is 3.86. The standard InChI is InChI=1S/C17H24N4O7S/c1-17(2,3)28-16(23)18-7-8-19-29(26,27)12-6-4-5-11(9-12)20-15(22)13-10-14(13)21(24)25/h4-6,9,13-14,19H,7-8,10H2,1-3H3,(H,18,23)(H,20,22). The predicted molar refractivity (Wildman–Crippen MR) is 103 cm³/mol. The summed E-state index contributed by atoms with van der Waals surface area (Å²) in [6, 6.07) is 4.65. The van der Waals surface area contributed by atoms with Crippen LogP contribution in [-0.2, 0) is 19.6 Å². The molecule has 0 radical (unpaired) electrons. The second kappa shape index (κ2) is 8.74. The van der Waals surface area contributed by atoms with Gasteiger partial charge in [-0.25, -0.2) is 17.9 Å². The maximum absolute atomic E-state index is 12.4. The van der Waals surface area contributed by atoms with E-state index in [1.807, 2.05) is 0 Å². The van der Waals surface area contributed by atoms with Crippen molar-refractivity contribution in [3.8, 4) is 0 Å². The van der Waals surface area contributed by atoms with Crippen LogP contribution >= 0.6 is 0 Å². The predicted octanol–water partition coefficient (Wildman–Crippen LogP) is 1.09. The Balaban J connectivity index is 1.87. The number of ether oxygens (including phenoxy) is 1. The molecule has 1 fully saturated rings. The normalized spacial score (nSPS) is 18.6. The SMILES string of the molecule is CC(C)(C)OC(=O)NCCNS(=O)(=O)c1cccc(NC(=O)C2CC2[N+](=O)[O-])c1. The molecule has 3 N–H and O–H groups in total. The second-order valence-electron chi connectivity index (χ2n) is 7.54. The summed E-state index contributed by atoms with van der Waals surface area (Å²) in [6.07, 6.45) is -0.488. The Morgan fingerprint density at radius 1 is 1.28 bits per heavy atom. The molecule has 2 amide bonds. The lowest BCUT2D eigenvalue weighted by atomic mass is 10.2. The van der Waals surface area contributed by atoms with Crippen molar-refractivity contribution in [2.75, 3.05) is 18.4 Å². The first-order valence-corrected chi connectivity index (χ1v) is 10.4. The molecule has 2 unspecified atom stereocenters. The van der Waals surface area contributed by atoms with Gasteiger partial charge in [0.25, 0.3) is 0 Å². The topological polar surface area (TPSA) is 157 Å². The molecule has 11 nitrogen and oxygen atoms in total. The number of nitro groups is 1. The molecule has 1 aromatic carbocycles. The Kier molecular flexibility index (Phi) is 6.80. The van der Waals surface area contributed by atoms with Crippen molar-refractivity contribution in [1.29, 1.82) is 0 Å². The van der Waals surface area contributed by atoms with Crippen molar-refractivity contribution in [1.82, 2.24) is 10.0 Å². The van der Waals surface area contributed by atoms with E-state index in [2.05, 4.69) is 15.4 Å². The molecule has 0 aromatic heterocycles. The zero-order valence-electron chi connectivity index (χ0n) is 16.3. The maximum Gasteiger partial charge on any atom is 0.407 e. The summed E-state index contributed by atoms with van der Waals surface area (Å²) in [5.74, 6) is -1.22. The van der Waals surface area contributed by atoms with Gasteiger partial charge in [-0.2, -0.15) is 0 Å². The van der Waals surface area contributed by atoms with E-state index in [0.717, 1.165) is 0 Å². The lowest BCUT2D eigenvalue weighted by Crippen LogP contribution is -2.37. The summed E-state index contributed by atoms with van der Waals surface area (Å²) >= 11 is 0. The minimum atomic E-state index is -3.88. The first-order chi connectivity index (χ1) is 13.4. The van der Waals surface area contributed by atoms with Gasteiger partial charge in [0.2, 0.25) is 22.0 Å². The largest absolute Gasteiger partial charge is 0.444 e. The van der Waals surface area contributed by atoms with Crippen molar-refractivity contribution in [3.63, 3.8) is 0 Å². The molecule has 2 atom stereocenters. The number of rotatable bonds is 8. The van der Waals surface area contributed by atoms with E-state index in [4.69, 9.17) is 4.74 Å². The van der Waals surface area contributed by atoms with Crippen LogP contribution in [0.2, 0.25) is 0 Å². The minimum absolute atomic E-state index is 0.0224. The molecule has 0 spiro atoms. The lowest BCUT2D eigenvalue weighted by Gasteiger charge is -2.19. The van der Waals surface area contributed by atoms with E-state index in [1.165, 1.54) is 24.3 Å². The van der Waals surface area contributed by atoms with E-state index in [0.29, 0.717) is 0 Å². The molecule has 0 bridgehead atoms. The first-order valence-electron chi connectivity index (χ1n) is 8.90. The number of carbonyl (C=O) groups excluding carboxylic acids is 2. The molecule has 12 heteroatoms. The number of carbonyl (C=O) groups is 2. The molecule has 0 saturated heterocycles. The molecule has 160 valence electrons. The molecule has 0 heterocycles. The number of amides is 2. The number of hydrogen-bond donors (Lipinski definition) is 3. The Labute approximate surface area is 168 Å². The Hall–Kier alpha value is -2.73. The number of benzene rings is 1. The number of alkyl carbamates (subject to hydrolysis) is 1. The molecule has 1 aliphatic rings. The fourth-order valence-electron chi connectivity index (χ4n) is 2.42. The molecule has 2 rings (SSSR count). The van der Waals surface area contributed by atoms with Crippen LogP contribution in [0.25, 0.3) is 0 Å². The summed E-state index contributed by atoms with van der Waals surface area (Å²) in [5.41, 5.74) is -0.437. The van der Waals surface area contributed by atoms with E-state index < -0.39 is 44.5 Å². The van der Waals surface area contributed by atoms with Crippen molar-refractivity contribution in [3.05, 3.63) is 34.4 Å². The van der Waals surface area contributed by atoms with Crippen molar-refractivity contribution >= 4 is 27.7 Å². The van der Waals surface area contributed by atoms with E-state index >= 15 is 0 Å². The van der Waals surface area contributed by atoms with Crippen molar-refractivity contribution in [2.45, 2.75) is 43.7 Å². The van der Waals surface area contributed by atoms with Gasteiger partial charge in [-0.05, 0) is 39.0 Å². The highest BCUT2D eigenvalue weighted by molar-refractivity contribution is 7.89. The van der Waals surface area contributed by atoms with Crippen LogP contribution in [0, 0.1) is 16.0 Å². The number of anilines is 1. The molecule has 29 heavy (non-hydrogen) atoms. The first kappa shape index (κ1) is 22.6. The van der Waals surface area contributed by atoms with Gasteiger partial charge in [-0.15, -0.1) is 0 Å². The van der Waals surface area contributed by atoms with Gasteiger partial charge in [-0.3, -0.25) is 14.9 Å². The number of sulfonamides is 1. The molecular weight excluding hydrogens is 404 g/mol. The highest BCUT2D eigenvalue weighted by Crippen LogP contribution is 2.34. The molecule has 1 saturated carbocycles. The van der Waals surface area contributed by atoms with Crippen LogP contribution in [-0.4, -0.2) is 50.1 Å². The fraction of sp³-hybridized carbons (Fsp3) is 0.529. The van der Waals surface area contributed by atoms with Gasteiger partial charge in [0.1, 0.15) is 11.5 Å². The van der Waals surface area contributed by atoms with Gasteiger partial charge in [0, 0.05) is 30.1 Å². The fourth-order valence-corrected chi connectivity index (χ4v) is 3.50. The summed E-state index contributed by atoms with van der Waals surface area (Å²) in [5, 5.41) is 15.6. The Bertz CT molecular complexity index is 895. The van der Waals surface area contributed by atoms with Crippen LogP contribution < -0.4 is 15.4 Å². The van der Waals surface area contributed by atoms with E-state index in [9.17, 15) is 28.1 Å². The van der Waals surface area contributed by atoms with Gasteiger partial charge < -0.3 is 15.4 Å². The Morgan fingerprint density at radius 3 is 2.55 bits per heavy atom. The number of nitrogens with zero attached hydrogens (tertiary/aromatic N) is 1. The smallest absolute Gasteiger partial charge is 0.407 e. The van der Waals surface area contributed by atoms with E-state index in [-0.39, 0.29) is 30.1 Å². The van der Waals surface area contributed by atoms with Crippen LogP contribution in [0.3, 0.4) is 0 Å². The summed E-state index contributed by atoms with van der Waals surface area (Å²) in [7, 11) is -3.88. The lowest BCUT2D eigenvalue weighted by molar-refractivity contribution is -0.497. The van der Waals surface area contributed by atoms with Gasteiger partial charge in [-0.1, -0.05) is 6.07 Å². The average molecular weight is 428 g/mol. The van der Waals surface area contributed by atoms with Crippen LogP contribution in [0.4, 0.5) is 10.5 Å². The maximum atomic E-state index is 12.4. The minimum Gasteiger partial charge on any atom is -0.444 e. The zero-order chi connectivity index (χ0) is 21.8.